The minimum atomic E-state index is -0.0532. The molecule has 3 heteroatoms. The van der Waals surface area contributed by atoms with Gasteiger partial charge in [-0.15, -0.1) is 0 Å². The summed E-state index contributed by atoms with van der Waals surface area (Å²) < 4.78 is 0. The summed E-state index contributed by atoms with van der Waals surface area (Å²) in [5.74, 6) is 0.322. The molecular weight excluding hydrogens is 226 g/mol. The first-order valence-electron chi connectivity index (χ1n) is 7.58. The number of piperidine rings is 1. The van der Waals surface area contributed by atoms with Gasteiger partial charge >= 0.3 is 0 Å². The van der Waals surface area contributed by atoms with Gasteiger partial charge in [-0.1, -0.05) is 25.7 Å². The van der Waals surface area contributed by atoms with Crippen molar-refractivity contribution < 1.29 is 9.90 Å². The average molecular weight is 255 g/mol. The molecule has 3 nitrogen and oxygen atoms in total. The van der Waals surface area contributed by atoms with Crippen LogP contribution in [0.3, 0.4) is 0 Å². The fourth-order valence-corrected chi connectivity index (χ4v) is 2.56. The highest BCUT2D eigenvalue weighted by atomic mass is 16.3. The Labute approximate surface area is 112 Å². The number of aliphatic hydroxyl groups is 1. The van der Waals surface area contributed by atoms with E-state index in [0.29, 0.717) is 5.78 Å². The predicted molar refractivity (Wildman–Crippen MR) is 74.7 cm³/mol. The molecule has 0 aromatic rings. The van der Waals surface area contributed by atoms with E-state index < -0.39 is 0 Å². The highest BCUT2D eigenvalue weighted by molar-refractivity contribution is 5.75. The van der Waals surface area contributed by atoms with E-state index in [1.807, 2.05) is 0 Å². The second-order valence-corrected chi connectivity index (χ2v) is 5.65. The van der Waals surface area contributed by atoms with Crippen LogP contribution < -0.4 is 0 Å². The van der Waals surface area contributed by atoms with Crippen molar-refractivity contribution in [1.82, 2.24) is 4.90 Å². The van der Waals surface area contributed by atoms with Gasteiger partial charge in [0.15, 0.2) is 0 Å². The molecule has 1 heterocycles. The zero-order valence-electron chi connectivity index (χ0n) is 11.9. The van der Waals surface area contributed by atoms with Crippen molar-refractivity contribution in [3.63, 3.8) is 0 Å². The smallest absolute Gasteiger partial charge is 0.129 e. The van der Waals surface area contributed by atoms with Crippen molar-refractivity contribution in [3.05, 3.63) is 0 Å². The van der Waals surface area contributed by atoms with Crippen LogP contribution in [-0.2, 0) is 4.79 Å². The number of carbonyl (C=O) groups is 1. The van der Waals surface area contributed by atoms with Crippen LogP contribution in [0.15, 0.2) is 0 Å². The van der Waals surface area contributed by atoms with Gasteiger partial charge in [-0.2, -0.15) is 0 Å². The van der Waals surface area contributed by atoms with Crippen molar-refractivity contribution >= 4 is 5.78 Å². The van der Waals surface area contributed by atoms with Crippen LogP contribution in [0.2, 0.25) is 0 Å². The lowest BCUT2D eigenvalue weighted by Crippen LogP contribution is -2.36. The van der Waals surface area contributed by atoms with Crippen LogP contribution in [-0.4, -0.2) is 41.5 Å². The van der Waals surface area contributed by atoms with E-state index in [1.54, 1.807) is 6.92 Å². The molecule has 0 aromatic heterocycles. The van der Waals surface area contributed by atoms with Gasteiger partial charge in [-0.3, -0.25) is 0 Å². The number of ketones is 1. The Morgan fingerprint density at radius 1 is 1.06 bits per heavy atom. The molecule has 0 aliphatic carbocycles. The van der Waals surface area contributed by atoms with Crippen LogP contribution in [0.4, 0.5) is 0 Å². The molecule has 0 atom stereocenters. The monoisotopic (exact) mass is 255 g/mol. The first-order chi connectivity index (χ1) is 8.68. The average Bonchev–Trinajstić information content (AvgIpc) is 2.34. The topological polar surface area (TPSA) is 40.5 Å². The van der Waals surface area contributed by atoms with Crippen molar-refractivity contribution in [3.8, 4) is 0 Å². The summed E-state index contributed by atoms with van der Waals surface area (Å²) in [5, 5.41) is 9.41. The second-order valence-electron chi connectivity index (χ2n) is 5.65. The third-order valence-corrected chi connectivity index (χ3v) is 3.81. The zero-order chi connectivity index (χ0) is 13.2. The third kappa shape index (κ3) is 7.83. The Kier molecular flexibility index (Phi) is 8.27. The maximum atomic E-state index is 10.8. The summed E-state index contributed by atoms with van der Waals surface area (Å²) in [4.78, 5) is 13.2. The number of nitrogens with zero attached hydrogens (tertiary/aromatic N) is 1. The van der Waals surface area contributed by atoms with Crippen molar-refractivity contribution in [2.45, 2.75) is 70.8 Å². The van der Waals surface area contributed by atoms with Crippen LogP contribution >= 0.6 is 0 Å². The van der Waals surface area contributed by atoms with Crippen molar-refractivity contribution in [2.75, 3.05) is 19.6 Å². The standard InChI is InChI=1S/C15H29NO2/c1-14(17)8-6-4-2-3-5-7-11-16-12-9-15(18)10-13-16/h15,18H,2-13H2,1H3. The van der Waals surface area contributed by atoms with Crippen molar-refractivity contribution in [2.24, 2.45) is 0 Å². The van der Waals surface area contributed by atoms with Crippen LogP contribution in [0.1, 0.15) is 64.7 Å². The molecule has 1 saturated heterocycles. The molecule has 1 fully saturated rings. The lowest BCUT2D eigenvalue weighted by molar-refractivity contribution is -0.117. The number of Topliss-reactive ketones (excluding diaryl/α,β-unsaturated/α-hetero) is 1. The Bertz CT molecular complexity index is 223. The minimum Gasteiger partial charge on any atom is -0.393 e. The molecule has 0 unspecified atom stereocenters. The van der Waals surface area contributed by atoms with Crippen LogP contribution in [0, 0.1) is 0 Å². The molecule has 0 aromatic carbocycles. The number of rotatable bonds is 9. The summed E-state index contributed by atoms with van der Waals surface area (Å²) >= 11 is 0. The molecule has 1 N–H and O–H groups in total. The molecule has 1 rings (SSSR count). The highest BCUT2D eigenvalue weighted by Gasteiger charge is 2.15. The molecule has 0 bridgehead atoms. The number of aliphatic hydroxyl groups excluding tert-OH is 1. The second kappa shape index (κ2) is 9.51. The maximum Gasteiger partial charge on any atom is 0.129 e. The fraction of sp³-hybridized carbons (Fsp3) is 0.933. The maximum absolute atomic E-state index is 10.8. The molecular formula is C15H29NO2. The number of likely N-dealkylation sites (tertiary alicyclic amines) is 1. The minimum absolute atomic E-state index is 0.0532. The molecule has 18 heavy (non-hydrogen) atoms. The SMILES string of the molecule is CC(=O)CCCCCCCCN1CCC(O)CC1. The van der Waals surface area contributed by atoms with Crippen LogP contribution in [0.25, 0.3) is 0 Å². The predicted octanol–water partition coefficient (Wildman–Crippen LogP) is 2.76. The lowest BCUT2D eigenvalue weighted by atomic mass is 10.1. The quantitative estimate of drug-likeness (QED) is 0.644. The molecule has 106 valence electrons. The van der Waals surface area contributed by atoms with E-state index >= 15 is 0 Å². The van der Waals surface area contributed by atoms with Gasteiger partial charge in [0.05, 0.1) is 6.10 Å². The fourth-order valence-electron chi connectivity index (χ4n) is 2.56. The first kappa shape index (κ1) is 15.6. The summed E-state index contributed by atoms with van der Waals surface area (Å²) in [6.45, 7) is 5.01. The first-order valence-corrected chi connectivity index (χ1v) is 7.58. The number of hydrogen-bond donors (Lipinski definition) is 1. The van der Waals surface area contributed by atoms with E-state index in [0.717, 1.165) is 38.8 Å². The van der Waals surface area contributed by atoms with Gasteiger partial charge in [0.25, 0.3) is 0 Å². The molecule has 1 aliphatic rings. The molecule has 1 aliphatic heterocycles. The number of unbranched alkanes of at least 4 members (excludes halogenated alkanes) is 5. The largest absolute Gasteiger partial charge is 0.393 e. The van der Waals surface area contributed by atoms with Crippen molar-refractivity contribution in [1.29, 1.82) is 0 Å². The number of carbonyl (C=O) groups excluding carboxylic acids is 1. The van der Waals surface area contributed by atoms with Gasteiger partial charge in [0.1, 0.15) is 5.78 Å². The van der Waals surface area contributed by atoms with E-state index in [9.17, 15) is 9.90 Å². The van der Waals surface area contributed by atoms with Gasteiger partial charge in [-0.25, -0.2) is 0 Å². The highest BCUT2D eigenvalue weighted by Crippen LogP contribution is 2.12. The molecule has 0 spiro atoms. The molecule has 0 radical (unpaired) electrons. The summed E-state index contributed by atoms with van der Waals surface area (Å²) in [6.07, 6.45) is 10.0. The van der Waals surface area contributed by atoms with E-state index in [2.05, 4.69) is 4.90 Å². The van der Waals surface area contributed by atoms with Gasteiger partial charge in [-0.05, 0) is 39.2 Å². The Morgan fingerprint density at radius 3 is 2.22 bits per heavy atom. The molecule has 0 saturated carbocycles. The summed E-state index contributed by atoms with van der Waals surface area (Å²) in [7, 11) is 0. The van der Waals surface area contributed by atoms with E-state index in [-0.39, 0.29) is 6.10 Å². The Hall–Kier alpha value is -0.410. The van der Waals surface area contributed by atoms with Gasteiger partial charge in [0, 0.05) is 19.5 Å². The van der Waals surface area contributed by atoms with E-state index in [4.69, 9.17) is 0 Å². The lowest BCUT2D eigenvalue weighted by Gasteiger charge is -2.29. The summed E-state index contributed by atoms with van der Waals surface area (Å²) in [6, 6.07) is 0. The Morgan fingerprint density at radius 2 is 1.61 bits per heavy atom. The van der Waals surface area contributed by atoms with Crippen LogP contribution in [0.5, 0.6) is 0 Å². The Balaban J connectivity index is 1.82. The third-order valence-electron chi connectivity index (χ3n) is 3.81. The van der Waals surface area contributed by atoms with E-state index in [1.165, 1.54) is 38.6 Å². The molecule has 0 amide bonds. The zero-order valence-corrected chi connectivity index (χ0v) is 11.9. The number of hydrogen-bond acceptors (Lipinski definition) is 3. The normalized spacial score (nSPS) is 18.1. The summed E-state index contributed by atoms with van der Waals surface area (Å²) in [5.41, 5.74) is 0. The van der Waals surface area contributed by atoms with Gasteiger partial charge in [0.2, 0.25) is 0 Å². The van der Waals surface area contributed by atoms with Gasteiger partial charge < -0.3 is 14.8 Å².